The van der Waals surface area contributed by atoms with E-state index in [4.69, 9.17) is 0 Å². The number of likely N-dealkylation sites (tertiary alicyclic amines) is 1. The number of hydrogen-bond donors (Lipinski definition) is 1. The van der Waals surface area contributed by atoms with Gasteiger partial charge in [-0.25, -0.2) is 0 Å². The molecule has 0 bridgehead atoms. The molecule has 1 saturated heterocycles. The van der Waals surface area contributed by atoms with Crippen LogP contribution in [0.5, 0.6) is 0 Å². The van der Waals surface area contributed by atoms with Gasteiger partial charge in [-0.1, -0.05) is 37.6 Å². The van der Waals surface area contributed by atoms with Gasteiger partial charge in [-0.3, -0.25) is 9.78 Å². The van der Waals surface area contributed by atoms with Crippen molar-refractivity contribution in [3.8, 4) is 0 Å². The molecule has 2 atom stereocenters. The number of benzene rings is 1. The van der Waals surface area contributed by atoms with Crippen LogP contribution < -0.4 is 5.32 Å². The molecule has 1 aromatic carbocycles. The first-order valence-corrected chi connectivity index (χ1v) is 8.50. The Balaban J connectivity index is 1.68. The minimum absolute atomic E-state index is 0.195. The van der Waals surface area contributed by atoms with Crippen LogP contribution in [0.1, 0.15) is 32.3 Å². The molecule has 1 N–H and O–H groups in total. The number of fused-ring (bicyclic) bond motifs is 1. The maximum Gasteiger partial charge on any atom is 0.219 e. The summed E-state index contributed by atoms with van der Waals surface area (Å²) in [5.41, 5.74) is 2.32. The highest BCUT2D eigenvalue weighted by Gasteiger charge is 2.28. The van der Waals surface area contributed by atoms with E-state index in [1.165, 1.54) is 10.9 Å². The molecule has 2 heterocycles. The van der Waals surface area contributed by atoms with Crippen molar-refractivity contribution in [3.63, 3.8) is 0 Å². The topological polar surface area (TPSA) is 45.2 Å². The maximum atomic E-state index is 11.6. The molecule has 4 heteroatoms. The molecule has 0 saturated carbocycles. The van der Waals surface area contributed by atoms with Crippen LogP contribution in [0, 0.1) is 5.92 Å². The van der Waals surface area contributed by atoms with E-state index in [-0.39, 0.29) is 5.91 Å². The summed E-state index contributed by atoms with van der Waals surface area (Å²) in [5, 5.41) is 4.90. The molecule has 3 rings (SSSR count). The van der Waals surface area contributed by atoms with Gasteiger partial charge in [-0.15, -0.1) is 0 Å². The van der Waals surface area contributed by atoms with Gasteiger partial charge in [-0.05, 0) is 24.0 Å². The van der Waals surface area contributed by atoms with Crippen molar-refractivity contribution in [2.45, 2.75) is 39.3 Å². The van der Waals surface area contributed by atoms with Crippen molar-refractivity contribution >= 4 is 16.8 Å². The number of aromatic nitrogens is 1. The van der Waals surface area contributed by atoms with Crippen molar-refractivity contribution in [2.24, 2.45) is 5.92 Å². The fourth-order valence-corrected chi connectivity index (χ4v) is 3.55. The number of piperidine rings is 1. The highest BCUT2D eigenvalue weighted by atomic mass is 16.2. The first-order valence-electron chi connectivity index (χ1n) is 8.50. The predicted octanol–water partition coefficient (Wildman–Crippen LogP) is 2.97. The van der Waals surface area contributed by atoms with Gasteiger partial charge in [0, 0.05) is 44.2 Å². The average Bonchev–Trinajstić information content (AvgIpc) is 2.59. The van der Waals surface area contributed by atoms with Gasteiger partial charge in [-0.2, -0.15) is 0 Å². The molecule has 2 aromatic rings. The van der Waals surface area contributed by atoms with E-state index in [0.717, 1.165) is 38.0 Å². The van der Waals surface area contributed by atoms with E-state index in [1.54, 1.807) is 6.92 Å². The number of para-hydroxylation sites is 1. The molecule has 0 aliphatic carbocycles. The summed E-state index contributed by atoms with van der Waals surface area (Å²) in [6.07, 6.45) is 3.97. The van der Waals surface area contributed by atoms with Crippen LogP contribution in [0.4, 0.5) is 0 Å². The molecular formula is C19H25N3O. The lowest BCUT2D eigenvalue weighted by atomic mass is 9.89. The summed E-state index contributed by atoms with van der Waals surface area (Å²) in [5.74, 6) is 0.718. The monoisotopic (exact) mass is 311 g/mol. The van der Waals surface area contributed by atoms with Gasteiger partial charge in [0.2, 0.25) is 5.91 Å². The highest BCUT2D eigenvalue weighted by Crippen LogP contribution is 2.22. The van der Waals surface area contributed by atoms with Crippen molar-refractivity contribution in [1.82, 2.24) is 15.2 Å². The van der Waals surface area contributed by atoms with Gasteiger partial charge in [0.05, 0.1) is 5.52 Å². The number of carbonyl (C=O) groups excluding carboxylic acids is 1. The SMILES string of the molecule is CC[C@H]1CN(C(C)=O)CC[C@@H]1NCc1cccc2cccnc12. The maximum absolute atomic E-state index is 11.6. The van der Waals surface area contributed by atoms with Gasteiger partial charge < -0.3 is 10.2 Å². The average molecular weight is 311 g/mol. The fourth-order valence-electron chi connectivity index (χ4n) is 3.55. The Bertz CT molecular complexity index is 680. The molecule has 1 amide bonds. The molecule has 0 unspecified atom stereocenters. The summed E-state index contributed by atoms with van der Waals surface area (Å²) in [6, 6.07) is 10.9. The lowest BCUT2D eigenvalue weighted by Crippen LogP contribution is -2.50. The molecule has 1 fully saturated rings. The minimum Gasteiger partial charge on any atom is -0.343 e. The molecule has 1 aliphatic rings. The van der Waals surface area contributed by atoms with Gasteiger partial charge in [0.15, 0.2) is 0 Å². The van der Waals surface area contributed by atoms with E-state index in [1.807, 2.05) is 17.2 Å². The third kappa shape index (κ3) is 3.53. The van der Waals surface area contributed by atoms with Crippen LogP contribution in [0.15, 0.2) is 36.5 Å². The second-order valence-electron chi connectivity index (χ2n) is 6.40. The molecule has 122 valence electrons. The Morgan fingerprint density at radius 3 is 2.96 bits per heavy atom. The van der Waals surface area contributed by atoms with Gasteiger partial charge >= 0.3 is 0 Å². The molecule has 23 heavy (non-hydrogen) atoms. The largest absolute Gasteiger partial charge is 0.343 e. The fraction of sp³-hybridized carbons (Fsp3) is 0.474. The minimum atomic E-state index is 0.195. The van der Waals surface area contributed by atoms with E-state index in [9.17, 15) is 4.79 Å². The zero-order valence-corrected chi connectivity index (χ0v) is 14.0. The standard InChI is InChI=1S/C19H25N3O/c1-3-15-13-22(14(2)23)11-9-18(15)21-12-17-7-4-6-16-8-5-10-20-19(16)17/h4-8,10,15,18,21H,3,9,11-13H2,1-2H3/t15-,18-/m0/s1. The predicted molar refractivity (Wildman–Crippen MR) is 93.0 cm³/mol. The van der Waals surface area contributed by atoms with Crippen LogP contribution in [-0.4, -0.2) is 34.9 Å². The Kier molecular flexibility index (Phi) is 4.91. The summed E-state index contributed by atoms with van der Waals surface area (Å²) >= 11 is 0. The Morgan fingerprint density at radius 1 is 1.35 bits per heavy atom. The van der Waals surface area contributed by atoms with E-state index >= 15 is 0 Å². The quantitative estimate of drug-likeness (QED) is 0.944. The number of rotatable bonds is 4. The number of nitrogens with one attached hydrogen (secondary N) is 1. The van der Waals surface area contributed by atoms with Crippen LogP contribution >= 0.6 is 0 Å². The zero-order chi connectivity index (χ0) is 16.2. The molecule has 0 spiro atoms. The number of nitrogens with zero attached hydrogens (tertiary/aromatic N) is 2. The van der Waals surface area contributed by atoms with E-state index in [0.29, 0.717) is 12.0 Å². The number of hydrogen-bond acceptors (Lipinski definition) is 3. The first-order chi connectivity index (χ1) is 11.2. The molecule has 4 nitrogen and oxygen atoms in total. The zero-order valence-electron chi connectivity index (χ0n) is 14.0. The number of amides is 1. The summed E-state index contributed by atoms with van der Waals surface area (Å²) < 4.78 is 0. The lowest BCUT2D eigenvalue weighted by Gasteiger charge is -2.38. The van der Waals surface area contributed by atoms with Crippen LogP contribution in [0.25, 0.3) is 10.9 Å². The van der Waals surface area contributed by atoms with Crippen LogP contribution in [0.2, 0.25) is 0 Å². The number of pyridine rings is 1. The third-order valence-electron chi connectivity index (χ3n) is 4.97. The molecule has 1 aromatic heterocycles. The third-order valence-corrected chi connectivity index (χ3v) is 4.97. The molecule has 1 aliphatic heterocycles. The second kappa shape index (κ2) is 7.09. The summed E-state index contributed by atoms with van der Waals surface area (Å²) in [4.78, 5) is 18.1. The van der Waals surface area contributed by atoms with E-state index < -0.39 is 0 Å². The molecular weight excluding hydrogens is 286 g/mol. The normalized spacial score (nSPS) is 21.6. The van der Waals surface area contributed by atoms with Crippen molar-refractivity contribution in [1.29, 1.82) is 0 Å². The van der Waals surface area contributed by atoms with Gasteiger partial charge in [0.25, 0.3) is 0 Å². The van der Waals surface area contributed by atoms with Crippen molar-refractivity contribution in [3.05, 3.63) is 42.1 Å². The van der Waals surface area contributed by atoms with Gasteiger partial charge in [0.1, 0.15) is 0 Å². The van der Waals surface area contributed by atoms with E-state index in [2.05, 4.69) is 41.5 Å². The highest BCUT2D eigenvalue weighted by molar-refractivity contribution is 5.81. The lowest BCUT2D eigenvalue weighted by molar-refractivity contribution is -0.131. The van der Waals surface area contributed by atoms with Crippen LogP contribution in [-0.2, 0) is 11.3 Å². The molecule has 0 radical (unpaired) electrons. The summed E-state index contributed by atoms with van der Waals surface area (Å²) in [7, 11) is 0. The smallest absolute Gasteiger partial charge is 0.219 e. The second-order valence-corrected chi connectivity index (χ2v) is 6.40. The van der Waals surface area contributed by atoms with Crippen molar-refractivity contribution in [2.75, 3.05) is 13.1 Å². The number of carbonyl (C=O) groups is 1. The summed E-state index contributed by atoms with van der Waals surface area (Å²) in [6.45, 7) is 6.44. The van der Waals surface area contributed by atoms with Crippen molar-refractivity contribution < 1.29 is 4.79 Å². The Labute approximate surface area is 137 Å². The Hall–Kier alpha value is -1.94. The first kappa shape index (κ1) is 15.9. The van der Waals surface area contributed by atoms with Crippen LogP contribution in [0.3, 0.4) is 0 Å². The Morgan fingerprint density at radius 2 is 2.17 bits per heavy atom.